The summed E-state index contributed by atoms with van der Waals surface area (Å²) in [4.78, 5) is 29.5. The second-order valence-corrected chi connectivity index (χ2v) is 11.0. The fourth-order valence-electron chi connectivity index (χ4n) is 5.17. The molecule has 2 atom stereocenters. The Kier molecular flexibility index (Phi) is 13.1. The maximum Gasteiger partial charge on any atom is 0.257 e. The molecule has 0 radical (unpaired) electrons. The van der Waals surface area contributed by atoms with E-state index in [9.17, 15) is 30.0 Å². The van der Waals surface area contributed by atoms with Gasteiger partial charge in [-0.05, 0) is 76.1 Å². The van der Waals surface area contributed by atoms with E-state index in [0.29, 0.717) is 37.3 Å². The Hall–Kier alpha value is -3.30. The number of aliphatic hydroxyl groups excluding tert-OH is 4. The van der Waals surface area contributed by atoms with Crippen LogP contribution in [0.5, 0.6) is 11.5 Å². The first-order valence-electron chi connectivity index (χ1n) is 14.5. The molecule has 0 saturated carbocycles. The summed E-state index contributed by atoms with van der Waals surface area (Å²) in [5.74, 6) is -1.68. The van der Waals surface area contributed by atoms with Crippen molar-refractivity contribution in [3.05, 3.63) is 57.6 Å². The molecule has 1 aliphatic rings. The number of amides is 2. The predicted octanol–water partition coefficient (Wildman–Crippen LogP) is -0.517. The molecule has 2 amide bonds. The summed E-state index contributed by atoms with van der Waals surface area (Å²) in [7, 11) is 0. The molecule has 13 heteroatoms. The number of rotatable bonds is 10. The average molecular weight is 604 g/mol. The number of aliphatic hydroxyl groups is 4. The molecular formula is C30H45N5O8. The summed E-state index contributed by atoms with van der Waals surface area (Å²) in [5, 5.41) is 67.1. The number of benzene rings is 2. The molecule has 2 aromatic rings. The van der Waals surface area contributed by atoms with E-state index < -0.39 is 37.5 Å². The fourth-order valence-corrected chi connectivity index (χ4v) is 5.17. The minimum atomic E-state index is -1.43. The van der Waals surface area contributed by atoms with Crippen molar-refractivity contribution in [2.75, 3.05) is 52.5 Å². The molecule has 1 saturated heterocycles. The van der Waals surface area contributed by atoms with Crippen LogP contribution in [0.2, 0.25) is 0 Å². The Morgan fingerprint density at radius 1 is 0.744 bits per heavy atom. The lowest BCUT2D eigenvalue weighted by molar-refractivity contribution is 0.0540. The Balaban J connectivity index is 1.72. The van der Waals surface area contributed by atoms with Crippen molar-refractivity contribution in [1.82, 2.24) is 25.8 Å². The Morgan fingerprint density at radius 3 is 1.65 bits per heavy atom. The minimum absolute atomic E-state index is 0.0292. The largest absolute Gasteiger partial charge is 0.507 e. The normalized spacial score (nSPS) is 17.1. The van der Waals surface area contributed by atoms with Gasteiger partial charge >= 0.3 is 0 Å². The number of phenols is 2. The minimum Gasteiger partial charge on any atom is -0.507 e. The number of hydrogen-bond acceptors (Lipinski definition) is 11. The molecule has 0 aliphatic carbocycles. The molecule has 2 unspecified atom stereocenters. The van der Waals surface area contributed by atoms with Crippen molar-refractivity contribution in [3.63, 3.8) is 0 Å². The van der Waals surface area contributed by atoms with Crippen LogP contribution in [0.15, 0.2) is 24.3 Å². The molecule has 0 bridgehead atoms. The first kappa shape index (κ1) is 34.2. The van der Waals surface area contributed by atoms with E-state index in [1.54, 1.807) is 0 Å². The van der Waals surface area contributed by atoms with Gasteiger partial charge in [-0.15, -0.1) is 0 Å². The van der Waals surface area contributed by atoms with Crippen LogP contribution >= 0.6 is 0 Å². The first-order chi connectivity index (χ1) is 20.5. The average Bonchev–Trinajstić information content (AvgIpc) is 3.01. The van der Waals surface area contributed by atoms with Gasteiger partial charge in [0.05, 0.1) is 24.3 Å². The van der Waals surface area contributed by atoms with E-state index in [0.717, 1.165) is 50.1 Å². The van der Waals surface area contributed by atoms with Crippen molar-refractivity contribution >= 4 is 11.8 Å². The molecule has 43 heavy (non-hydrogen) atoms. The van der Waals surface area contributed by atoms with Crippen LogP contribution < -0.4 is 16.0 Å². The first-order valence-corrected chi connectivity index (χ1v) is 14.5. The van der Waals surface area contributed by atoms with Gasteiger partial charge in [0.15, 0.2) is 0 Å². The number of phenolic OH excluding ortho intramolecular Hbond substituents is 2. The molecule has 13 nitrogen and oxygen atoms in total. The van der Waals surface area contributed by atoms with Crippen molar-refractivity contribution in [3.8, 4) is 11.5 Å². The van der Waals surface area contributed by atoms with Crippen LogP contribution in [0.25, 0.3) is 0 Å². The number of hydrogen-bond donors (Lipinski definition) is 9. The van der Waals surface area contributed by atoms with E-state index in [1.807, 2.05) is 26.0 Å². The molecule has 1 heterocycles. The number of carbonyl (C=O) groups is 2. The summed E-state index contributed by atoms with van der Waals surface area (Å²) in [6, 6.07) is 6.73. The monoisotopic (exact) mass is 603 g/mol. The zero-order valence-electron chi connectivity index (χ0n) is 24.8. The van der Waals surface area contributed by atoms with E-state index in [-0.39, 0.29) is 22.6 Å². The third-order valence-corrected chi connectivity index (χ3v) is 7.27. The van der Waals surface area contributed by atoms with Crippen molar-refractivity contribution < 1.29 is 40.2 Å². The number of aryl methyl sites for hydroxylation is 2. The number of carbonyl (C=O) groups excluding carboxylic acids is 2. The van der Waals surface area contributed by atoms with Crippen LogP contribution in [-0.2, 0) is 13.1 Å². The number of nitrogens with zero attached hydrogens (tertiary/aromatic N) is 2. The third-order valence-electron chi connectivity index (χ3n) is 7.27. The SMILES string of the molecule is Cc1cc(CN2CCCNCCN(Cc3cc(C)cc(C(=O)NC(O)CO)c3O)CCC2)c(O)c(C(=O)NC(O)CO)c1. The van der Waals surface area contributed by atoms with Gasteiger partial charge in [0, 0.05) is 37.3 Å². The smallest absolute Gasteiger partial charge is 0.257 e. The summed E-state index contributed by atoms with van der Waals surface area (Å²) in [6.07, 6.45) is -1.20. The van der Waals surface area contributed by atoms with Crippen LogP contribution in [0, 0.1) is 13.8 Å². The summed E-state index contributed by atoms with van der Waals surface area (Å²) < 4.78 is 0. The zero-order chi connectivity index (χ0) is 31.5. The van der Waals surface area contributed by atoms with Crippen molar-refractivity contribution in [2.24, 2.45) is 0 Å². The van der Waals surface area contributed by atoms with E-state index in [1.165, 1.54) is 12.1 Å². The maximum absolute atomic E-state index is 12.6. The fraction of sp³-hybridized carbons (Fsp3) is 0.533. The summed E-state index contributed by atoms with van der Waals surface area (Å²) in [6.45, 7) is 7.57. The van der Waals surface area contributed by atoms with Crippen LogP contribution in [-0.4, -0.2) is 117 Å². The molecule has 3 rings (SSSR count). The Morgan fingerprint density at radius 2 is 1.19 bits per heavy atom. The van der Waals surface area contributed by atoms with E-state index >= 15 is 0 Å². The second kappa shape index (κ2) is 16.5. The Labute approximate surface area is 251 Å². The van der Waals surface area contributed by atoms with Gasteiger partial charge in [-0.25, -0.2) is 0 Å². The Bertz CT molecular complexity index is 1150. The highest BCUT2D eigenvalue weighted by molar-refractivity contribution is 5.98. The topological polar surface area (TPSA) is 198 Å². The predicted molar refractivity (Wildman–Crippen MR) is 159 cm³/mol. The number of aromatic hydroxyl groups is 2. The highest BCUT2D eigenvalue weighted by atomic mass is 16.3. The molecule has 1 fully saturated rings. The van der Waals surface area contributed by atoms with Crippen LogP contribution in [0.3, 0.4) is 0 Å². The van der Waals surface area contributed by atoms with E-state index in [2.05, 4.69) is 25.8 Å². The standard InChI is InChI=1S/C30H45N5O8/c1-19-11-21(27(40)23(13-19)29(42)32-25(38)17-36)15-34-7-3-5-31-6-10-35(9-4-8-34)16-22-12-20(2)14-24(28(22)41)30(43)33-26(39)18-37/h11-14,25-26,31,36-41H,3-10,15-18H2,1-2H3,(H,32,42)(H,33,43). The van der Waals surface area contributed by atoms with Crippen molar-refractivity contribution in [2.45, 2.75) is 52.2 Å². The van der Waals surface area contributed by atoms with Gasteiger partial charge in [0.2, 0.25) is 0 Å². The lowest BCUT2D eigenvalue weighted by Crippen LogP contribution is -2.37. The summed E-state index contributed by atoms with van der Waals surface area (Å²) in [5.41, 5.74) is 2.78. The second-order valence-electron chi connectivity index (χ2n) is 11.0. The maximum atomic E-state index is 12.6. The van der Waals surface area contributed by atoms with Gasteiger partial charge in [-0.3, -0.25) is 19.4 Å². The molecule has 9 N–H and O–H groups in total. The lowest BCUT2D eigenvalue weighted by Gasteiger charge is -2.26. The van der Waals surface area contributed by atoms with Gasteiger partial charge in [0.1, 0.15) is 24.0 Å². The van der Waals surface area contributed by atoms with Gasteiger partial charge in [-0.2, -0.15) is 0 Å². The molecular weight excluding hydrogens is 558 g/mol. The van der Waals surface area contributed by atoms with Gasteiger partial charge in [-0.1, -0.05) is 12.1 Å². The highest BCUT2D eigenvalue weighted by Crippen LogP contribution is 2.28. The lowest BCUT2D eigenvalue weighted by atomic mass is 10.0. The molecule has 238 valence electrons. The zero-order valence-corrected chi connectivity index (χ0v) is 24.8. The third kappa shape index (κ3) is 10.1. The quantitative estimate of drug-likeness (QED) is 0.159. The van der Waals surface area contributed by atoms with E-state index in [4.69, 9.17) is 10.2 Å². The highest BCUT2D eigenvalue weighted by Gasteiger charge is 2.21. The molecule has 0 spiro atoms. The molecule has 0 aromatic heterocycles. The van der Waals surface area contributed by atoms with Gasteiger partial charge < -0.3 is 46.6 Å². The molecule has 1 aliphatic heterocycles. The van der Waals surface area contributed by atoms with Crippen LogP contribution in [0.4, 0.5) is 0 Å². The van der Waals surface area contributed by atoms with Gasteiger partial charge in [0.25, 0.3) is 11.8 Å². The number of nitrogens with one attached hydrogen (secondary N) is 3. The molecule has 2 aromatic carbocycles. The summed E-state index contributed by atoms with van der Waals surface area (Å²) >= 11 is 0. The van der Waals surface area contributed by atoms with Crippen molar-refractivity contribution in [1.29, 1.82) is 0 Å². The van der Waals surface area contributed by atoms with Crippen LogP contribution in [0.1, 0.15) is 55.8 Å².